The zero-order chi connectivity index (χ0) is 82.5. The summed E-state index contributed by atoms with van der Waals surface area (Å²) in [4.78, 5) is 122. The third-order valence-corrected chi connectivity index (χ3v) is 23.9. The van der Waals surface area contributed by atoms with E-state index in [1.165, 1.54) is 59.6 Å². The molecule has 0 aliphatic carbocycles. The third-order valence-electron chi connectivity index (χ3n) is 21.1. The number of carbonyl (C=O) groups excluding carboxylic acids is 7. The topological polar surface area (TPSA) is 308 Å². The highest BCUT2D eigenvalue weighted by Gasteiger charge is 2.67. The molecule has 6 amide bonds. The molecule has 620 valence electrons. The van der Waals surface area contributed by atoms with Crippen molar-refractivity contribution >= 4 is 92.1 Å². The minimum Gasteiger partial charge on any atom is -0.495 e. The fraction of sp³-hybridized carbons (Fsp3) is 0.500. The maximum atomic E-state index is 14.7. The van der Waals surface area contributed by atoms with E-state index >= 15 is 0 Å². The molecule has 2 aromatic carbocycles. The number of allylic oxidation sites excluding steroid dienone is 3. The van der Waals surface area contributed by atoms with Gasteiger partial charge in [0.2, 0.25) is 29.5 Å². The van der Waals surface area contributed by atoms with Crippen LogP contribution in [0, 0.1) is 5.41 Å². The number of hydrogen-bond acceptors (Lipinski definition) is 22. The quantitative estimate of drug-likeness (QED) is 0.0136. The minimum atomic E-state index is -1.95. The lowest BCUT2D eigenvalue weighted by Gasteiger charge is -2.61. The van der Waals surface area contributed by atoms with Gasteiger partial charge in [-0.05, 0) is 142 Å². The summed E-state index contributed by atoms with van der Waals surface area (Å²) in [7, 11) is 8.86. The molecule has 0 spiro atoms. The summed E-state index contributed by atoms with van der Waals surface area (Å²) < 4.78 is 36.6. The SMILES string of the molecule is CCCCCC(=O)Nc1cccc(CN(Cc2cc(CN(Cc3ccccn3)Cc3cccc(NC(=O)CCCCC)n3)cc(OCCCCNC(=O)CCSSCCC(=O)N(C)[C@H](C)C(=O)O[C@H]3CC(=O)N(C)c4cc(cc(OC)c4Cl)C/C(C)=C/C=C/[C@H](OC)[C@]4(O)C[C@@H](OC(=O)N4)C4(C)CO[C@]34C)c2)Cc2ccccn2)n1. The van der Waals surface area contributed by atoms with Gasteiger partial charge in [-0.1, -0.05) is 134 Å². The Labute approximate surface area is 689 Å². The van der Waals surface area contributed by atoms with Gasteiger partial charge in [-0.15, -0.1) is 0 Å². The van der Waals surface area contributed by atoms with Crippen LogP contribution in [-0.2, 0) is 93.4 Å². The molecule has 7 heterocycles. The van der Waals surface area contributed by atoms with E-state index < -0.39 is 65.5 Å². The van der Waals surface area contributed by atoms with Gasteiger partial charge in [0.1, 0.15) is 58.1 Å². The molecule has 7 atom stereocenters. The fourth-order valence-electron chi connectivity index (χ4n) is 14.1. The van der Waals surface area contributed by atoms with Gasteiger partial charge in [0.05, 0.1) is 60.6 Å². The van der Waals surface area contributed by atoms with Gasteiger partial charge in [-0.2, -0.15) is 0 Å². The number of ether oxygens (including phenoxy) is 6. The molecule has 9 rings (SSSR count). The number of aromatic nitrogens is 4. The number of carbonyl (C=O) groups is 7. The van der Waals surface area contributed by atoms with Gasteiger partial charge in [-0.3, -0.25) is 49.1 Å². The zero-order valence-corrected chi connectivity index (χ0v) is 70.3. The highest BCUT2D eigenvalue weighted by Crippen LogP contribution is 2.54. The number of halogens is 1. The Balaban J connectivity index is 0.797. The monoisotopic (exact) mass is 1640 g/mol. The number of nitrogens with one attached hydrogen (secondary N) is 4. The normalized spacial score (nSPS) is 20.5. The first-order valence-corrected chi connectivity index (χ1v) is 42.5. The van der Waals surface area contributed by atoms with E-state index in [4.69, 9.17) is 60.0 Å². The minimum absolute atomic E-state index is 0.00426. The highest BCUT2D eigenvalue weighted by molar-refractivity contribution is 8.76. The molecule has 0 radical (unpaired) electrons. The first-order valence-electron chi connectivity index (χ1n) is 39.6. The van der Waals surface area contributed by atoms with Crippen molar-refractivity contribution in [3.63, 3.8) is 0 Å². The van der Waals surface area contributed by atoms with Crippen LogP contribution >= 0.6 is 33.2 Å². The Bertz CT molecular complexity index is 4170. The van der Waals surface area contributed by atoms with E-state index in [-0.39, 0.29) is 54.5 Å². The Hall–Kier alpha value is -9.00. The molecule has 0 saturated carbocycles. The van der Waals surface area contributed by atoms with Crippen molar-refractivity contribution in [2.24, 2.45) is 5.41 Å². The molecule has 6 aromatic rings. The lowest BCUT2D eigenvalue weighted by Crippen LogP contribution is -2.75. The van der Waals surface area contributed by atoms with Gasteiger partial charge in [0, 0.05) is 123 Å². The molecule has 3 aliphatic heterocycles. The lowest BCUT2D eigenvalue weighted by molar-refractivity contribution is -0.327. The van der Waals surface area contributed by atoms with Gasteiger partial charge in [0.25, 0.3) is 0 Å². The van der Waals surface area contributed by atoms with Crippen molar-refractivity contribution in [1.29, 1.82) is 0 Å². The first-order chi connectivity index (χ1) is 55.3. The van der Waals surface area contributed by atoms with E-state index in [0.717, 1.165) is 83.6 Å². The van der Waals surface area contributed by atoms with Crippen LogP contribution in [0.25, 0.3) is 0 Å². The maximum absolute atomic E-state index is 14.7. The van der Waals surface area contributed by atoms with Crippen molar-refractivity contribution in [2.45, 2.75) is 213 Å². The average molecular weight is 1640 g/mol. The van der Waals surface area contributed by atoms with Crippen LogP contribution in [0.5, 0.6) is 11.5 Å². The van der Waals surface area contributed by atoms with Gasteiger partial charge in [-0.25, -0.2) is 19.6 Å². The number of aliphatic hydroxyl groups is 1. The molecular weight excluding hydrogens is 1520 g/mol. The van der Waals surface area contributed by atoms with Crippen molar-refractivity contribution in [3.05, 3.63) is 184 Å². The largest absolute Gasteiger partial charge is 0.495 e. The fourth-order valence-corrected chi connectivity index (χ4v) is 16.4. The average Bonchev–Trinajstić information content (AvgIpc) is 0.707. The number of rotatable bonds is 40. The number of likely N-dealkylation sites (N-methyl/N-ethyl adjacent to an activating group) is 1. The smallest absolute Gasteiger partial charge is 0.409 e. The number of amides is 6. The molecule has 26 nitrogen and oxygen atoms in total. The molecule has 29 heteroatoms. The summed E-state index contributed by atoms with van der Waals surface area (Å²) in [6.45, 7) is 14.8. The molecule has 115 heavy (non-hydrogen) atoms. The predicted octanol–water partition coefficient (Wildman–Crippen LogP) is 13.7. The molecule has 4 bridgehead atoms. The molecule has 5 N–H and O–H groups in total. The second kappa shape index (κ2) is 44.4. The Morgan fingerprint density at radius 2 is 1.33 bits per heavy atom. The van der Waals surface area contributed by atoms with Crippen LogP contribution in [-0.4, -0.2) is 177 Å². The molecular formula is C86H113ClN12O14S2. The van der Waals surface area contributed by atoms with Crippen molar-refractivity contribution in [1.82, 2.24) is 45.3 Å². The van der Waals surface area contributed by atoms with Crippen LogP contribution in [0.2, 0.25) is 5.02 Å². The van der Waals surface area contributed by atoms with Crippen molar-refractivity contribution in [3.8, 4) is 11.5 Å². The van der Waals surface area contributed by atoms with Gasteiger partial charge in [0.15, 0.2) is 5.72 Å². The number of anilines is 3. The summed E-state index contributed by atoms with van der Waals surface area (Å²) in [6.07, 6.45) is 12.4. The molecule has 4 aromatic heterocycles. The summed E-state index contributed by atoms with van der Waals surface area (Å²) in [5, 5.41) is 23.9. The Morgan fingerprint density at radius 1 is 0.739 bits per heavy atom. The predicted molar refractivity (Wildman–Crippen MR) is 448 cm³/mol. The van der Waals surface area contributed by atoms with E-state index in [2.05, 4.69) is 63.1 Å². The van der Waals surface area contributed by atoms with Crippen LogP contribution in [0.4, 0.5) is 22.1 Å². The number of pyridine rings is 4. The molecule has 2 saturated heterocycles. The van der Waals surface area contributed by atoms with Crippen LogP contribution in [0.3, 0.4) is 0 Å². The summed E-state index contributed by atoms with van der Waals surface area (Å²) in [5.74, 6) is 1.00. The number of esters is 1. The Kier molecular flexibility index (Phi) is 34.7. The number of nitrogens with zero attached hydrogens (tertiary/aromatic N) is 8. The number of methoxy groups -OCH3 is 2. The Morgan fingerprint density at radius 3 is 1.89 bits per heavy atom. The van der Waals surface area contributed by atoms with Crippen LogP contribution in [0.1, 0.15) is 171 Å². The van der Waals surface area contributed by atoms with Crippen molar-refractivity contribution in [2.75, 3.05) is 75.1 Å². The van der Waals surface area contributed by atoms with Gasteiger partial charge < -0.3 is 59.3 Å². The molecule has 2 fully saturated rings. The zero-order valence-electron chi connectivity index (χ0n) is 67.9. The summed E-state index contributed by atoms with van der Waals surface area (Å²) in [5.41, 5.74) is 2.71. The summed E-state index contributed by atoms with van der Waals surface area (Å²) >= 11 is 6.90. The second-order valence-electron chi connectivity index (χ2n) is 30.1. The lowest BCUT2D eigenvalue weighted by atomic mass is 9.61. The highest BCUT2D eigenvalue weighted by atomic mass is 35.5. The number of fused-ring (bicyclic) bond motifs is 6. The maximum Gasteiger partial charge on any atom is 0.409 e. The van der Waals surface area contributed by atoms with E-state index in [1.807, 2.05) is 85.8 Å². The standard InChI is InChI=1S/C86H113ClN12O14S2/c1-11-13-15-34-77(101)93-74-32-24-29-66(91-74)56-98(54-64-27-17-19-38-88-64)52-62-45-63(53-99(55-65-28-18-20-39-89-65)57-67-30-25-33-75(92-67)94-78(102)35-16-14-12-2)47-68(46-62)110-41-22-21-40-90-76(100)36-42-114-115-43-37-79(103)96(7)60(4)82(105)112-72-50-80(104)97(8)69-48-61(49-70(108-9)81(69)87)44-59(3)26-23-31-71(109-10)86(107)51-73(113-83(106)95-86)84(5)58-111-85(72,84)6/h17-20,23-33,38-39,45-49,60,71-73,107H,11-16,21-22,34-37,40-44,50-58H2,1-10H3,(H,90,100)(H,95,106)(H,91,93,101)(H,92,94,102)/b31-23+,59-26+/t60-,71+,72+,73-,84?,85-,86-/m1/s1. The molecule has 3 aliphatic rings. The van der Waals surface area contributed by atoms with Gasteiger partial charge >= 0.3 is 12.1 Å². The van der Waals surface area contributed by atoms with E-state index in [1.54, 1.807) is 57.6 Å². The van der Waals surface area contributed by atoms with E-state index in [9.17, 15) is 38.7 Å². The number of unbranched alkanes of at least 4 members (excludes halogenated alkanes) is 5. The van der Waals surface area contributed by atoms with E-state index in [0.29, 0.717) is 125 Å². The third kappa shape index (κ3) is 26.5. The summed E-state index contributed by atoms with van der Waals surface area (Å²) in [6, 6.07) is 31.9. The van der Waals surface area contributed by atoms with Crippen LogP contribution < -0.4 is 35.6 Å². The second-order valence-corrected chi connectivity index (χ2v) is 33.2. The number of hydrogen-bond donors (Lipinski definition) is 5. The molecule has 1 unspecified atom stereocenters. The first kappa shape index (κ1) is 89.9. The van der Waals surface area contributed by atoms with Crippen LogP contribution in [0.15, 0.2) is 139 Å². The number of alkyl carbamates (subject to hydrolysis) is 1. The number of benzene rings is 2. The van der Waals surface area contributed by atoms with Crippen molar-refractivity contribution < 1.29 is 67.1 Å².